The average molecular weight is 440 g/mol. The normalized spacial score (nSPS) is 13.4. The molecule has 0 saturated heterocycles. The maximum absolute atomic E-state index is 13.2. The molecule has 0 aliphatic rings. The number of likely N-dealkylation sites (N-methyl/N-ethyl adjacent to an activating group) is 1. The Hall–Kier alpha value is -2.65. The van der Waals surface area contributed by atoms with Crippen LogP contribution in [0.2, 0.25) is 0 Å². The van der Waals surface area contributed by atoms with Gasteiger partial charge >= 0.3 is 6.18 Å². The van der Waals surface area contributed by atoms with Crippen LogP contribution in [0.1, 0.15) is 22.7 Å². The van der Waals surface area contributed by atoms with E-state index in [4.69, 9.17) is 0 Å². The van der Waals surface area contributed by atoms with Crippen LogP contribution < -0.4 is 10.6 Å². The maximum atomic E-state index is 13.2. The highest BCUT2D eigenvalue weighted by Crippen LogP contribution is 2.18. The summed E-state index contributed by atoms with van der Waals surface area (Å²) in [5.41, 5.74) is 2.60. The fourth-order valence-electron chi connectivity index (χ4n) is 2.92. The van der Waals surface area contributed by atoms with Gasteiger partial charge in [0.05, 0.1) is 12.6 Å². The second-order valence-electron chi connectivity index (χ2n) is 7.26. The number of rotatable bonds is 9. The largest absolute Gasteiger partial charge is 0.411 e. The second-order valence-corrected chi connectivity index (χ2v) is 7.26. The number of ether oxygens (including phenoxy) is 1. The van der Waals surface area contributed by atoms with Crippen LogP contribution in [0, 0.1) is 5.82 Å². The molecular weight excluding hydrogens is 412 g/mol. The van der Waals surface area contributed by atoms with Gasteiger partial charge in [0, 0.05) is 20.1 Å². The molecule has 2 N–H and O–H groups in total. The Morgan fingerprint density at radius 2 is 1.61 bits per heavy atom. The molecule has 1 unspecified atom stereocenters. The van der Waals surface area contributed by atoms with Gasteiger partial charge in [-0.1, -0.05) is 36.4 Å². The lowest BCUT2D eigenvalue weighted by Crippen LogP contribution is -2.41. The van der Waals surface area contributed by atoms with E-state index in [1.807, 2.05) is 31.1 Å². The van der Waals surface area contributed by atoms with Crippen LogP contribution in [-0.2, 0) is 17.9 Å². The van der Waals surface area contributed by atoms with Crippen molar-refractivity contribution in [1.29, 1.82) is 0 Å². The molecule has 2 rings (SSSR count). The summed E-state index contributed by atoms with van der Waals surface area (Å²) < 4.78 is 54.3. The Balaban J connectivity index is 1.84. The molecule has 0 heterocycles. The van der Waals surface area contributed by atoms with Crippen molar-refractivity contribution in [3.05, 3.63) is 71.0 Å². The summed E-state index contributed by atoms with van der Waals surface area (Å²) in [6, 6.07) is 13.6. The molecule has 0 radical (unpaired) electrons. The lowest BCUT2D eigenvalue weighted by atomic mass is 10.1. The van der Waals surface area contributed by atoms with E-state index >= 15 is 0 Å². The van der Waals surface area contributed by atoms with E-state index in [2.05, 4.69) is 20.4 Å². The zero-order valence-electron chi connectivity index (χ0n) is 17.8. The third-order valence-electron chi connectivity index (χ3n) is 4.58. The van der Waals surface area contributed by atoms with Gasteiger partial charge in [0.15, 0.2) is 5.96 Å². The zero-order chi connectivity index (χ0) is 22.9. The second kappa shape index (κ2) is 11.7. The van der Waals surface area contributed by atoms with Gasteiger partial charge in [0.2, 0.25) is 0 Å². The van der Waals surface area contributed by atoms with Crippen molar-refractivity contribution in [1.82, 2.24) is 15.5 Å². The monoisotopic (exact) mass is 440 g/mol. The molecule has 2 aromatic rings. The molecule has 0 bridgehead atoms. The molecule has 9 heteroatoms. The predicted octanol–water partition coefficient (Wildman–Crippen LogP) is 3.87. The smallest absolute Gasteiger partial charge is 0.367 e. The van der Waals surface area contributed by atoms with Crippen LogP contribution in [0.4, 0.5) is 17.6 Å². The predicted molar refractivity (Wildman–Crippen MR) is 113 cm³/mol. The SMILES string of the molecule is CN=C(NCc1ccc(COCC(F)(F)F)cc1)NCC(c1ccc(F)cc1)N(C)C. The summed E-state index contributed by atoms with van der Waals surface area (Å²) in [5, 5.41) is 6.47. The lowest BCUT2D eigenvalue weighted by molar-refractivity contribution is -0.176. The van der Waals surface area contributed by atoms with Crippen LogP contribution in [0.3, 0.4) is 0 Å². The minimum absolute atomic E-state index is 0.0233. The highest BCUT2D eigenvalue weighted by atomic mass is 19.4. The van der Waals surface area contributed by atoms with E-state index in [-0.39, 0.29) is 18.5 Å². The van der Waals surface area contributed by atoms with Crippen LogP contribution in [0.5, 0.6) is 0 Å². The van der Waals surface area contributed by atoms with E-state index in [1.165, 1.54) is 12.1 Å². The molecule has 0 amide bonds. The summed E-state index contributed by atoms with van der Waals surface area (Å²) in [6.45, 7) is -0.295. The summed E-state index contributed by atoms with van der Waals surface area (Å²) in [7, 11) is 5.57. The fraction of sp³-hybridized carbons (Fsp3) is 0.409. The van der Waals surface area contributed by atoms with Crippen LogP contribution in [-0.4, -0.2) is 51.3 Å². The zero-order valence-corrected chi connectivity index (χ0v) is 17.8. The highest BCUT2D eigenvalue weighted by molar-refractivity contribution is 5.79. The Kier molecular flexibility index (Phi) is 9.26. The first-order valence-electron chi connectivity index (χ1n) is 9.76. The maximum Gasteiger partial charge on any atom is 0.411 e. The standard InChI is InChI=1S/C22H28F4N4O/c1-27-21(29-13-20(30(2)3)18-8-10-19(23)11-9-18)28-12-16-4-6-17(7-5-16)14-31-15-22(24,25)26/h4-11,20H,12-15H2,1-3H3,(H2,27,28,29). The number of nitrogens with zero attached hydrogens (tertiary/aromatic N) is 2. The number of alkyl halides is 3. The molecule has 0 spiro atoms. The minimum atomic E-state index is -4.32. The van der Waals surface area contributed by atoms with Crippen molar-refractivity contribution in [3.8, 4) is 0 Å². The van der Waals surface area contributed by atoms with Gasteiger partial charge in [-0.15, -0.1) is 0 Å². The van der Waals surface area contributed by atoms with Crippen LogP contribution >= 0.6 is 0 Å². The number of nitrogens with one attached hydrogen (secondary N) is 2. The summed E-state index contributed by atoms with van der Waals surface area (Å²) in [4.78, 5) is 6.25. The third kappa shape index (κ3) is 8.94. The first-order valence-corrected chi connectivity index (χ1v) is 9.76. The quantitative estimate of drug-likeness (QED) is 0.353. The first kappa shape index (κ1) is 24.6. The lowest BCUT2D eigenvalue weighted by Gasteiger charge is -2.26. The molecule has 0 aliphatic carbocycles. The van der Waals surface area contributed by atoms with Gasteiger partial charge in [-0.3, -0.25) is 4.99 Å². The highest BCUT2D eigenvalue weighted by Gasteiger charge is 2.27. The van der Waals surface area contributed by atoms with E-state index in [1.54, 1.807) is 31.3 Å². The molecule has 0 aromatic heterocycles. The van der Waals surface area contributed by atoms with Gasteiger partial charge in [-0.25, -0.2) is 4.39 Å². The van der Waals surface area contributed by atoms with Crippen molar-refractivity contribution < 1.29 is 22.3 Å². The first-order chi connectivity index (χ1) is 14.7. The summed E-state index contributed by atoms with van der Waals surface area (Å²) in [5.74, 6) is 0.330. The van der Waals surface area contributed by atoms with Crippen molar-refractivity contribution >= 4 is 5.96 Å². The van der Waals surface area contributed by atoms with Gasteiger partial charge in [0.1, 0.15) is 12.4 Å². The van der Waals surface area contributed by atoms with Crippen molar-refractivity contribution in [2.24, 2.45) is 4.99 Å². The van der Waals surface area contributed by atoms with Crippen molar-refractivity contribution in [2.45, 2.75) is 25.4 Å². The van der Waals surface area contributed by atoms with E-state index in [9.17, 15) is 17.6 Å². The minimum Gasteiger partial charge on any atom is -0.367 e. The average Bonchev–Trinajstić information content (AvgIpc) is 2.71. The summed E-state index contributed by atoms with van der Waals surface area (Å²) in [6.07, 6.45) is -4.32. The Labute approximate surface area is 180 Å². The topological polar surface area (TPSA) is 48.9 Å². The van der Waals surface area contributed by atoms with Gasteiger partial charge < -0.3 is 20.3 Å². The van der Waals surface area contributed by atoms with Gasteiger partial charge in [-0.2, -0.15) is 13.2 Å². The van der Waals surface area contributed by atoms with E-state index < -0.39 is 12.8 Å². The van der Waals surface area contributed by atoms with Gasteiger partial charge in [0.25, 0.3) is 0 Å². The van der Waals surface area contributed by atoms with Gasteiger partial charge in [-0.05, 0) is 42.9 Å². The van der Waals surface area contributed by atoms with E-state index in [0.29, 0.717) is 24.6 Å². The summed E-state index contributed by atoms with van der Waals surface area (Å²) >= 11 is 0. The number of benzene rings is 2. The molecule has 31 heavy (non-hydrogen) atoms. The van der Waals surface area contributed by atoms with Crippen molar-refractivity contribution in [3.63, 3.8) is 0 Å². The Morgan fingerprint density at radius 1 is 1.00 bits per heavy atom. The third-order valence-corrected chi connectivity index (χ3v) is 4.58. The fourth-order valence-corrected chi connectivity index (χ4v) is 2.92. The van der Waals surface area contributed by atoms with Crippen LogP contribution in [0.25, 0.3) is 0 Å². The molecule has 2 aromatic carbocycles. The number of hydrogen-bond donors (Lipinski definition) is 2. The number of halogens is 4. The van der Waals surface area contributed by atoms with E-state index in [0.717, 1.165) is 11.1 Å². The molecule has 170 valence electrons. The molecule has 1 atom stereocenters. The number of hydrogen-bond acceptors (Lipinski definition) is 3. The molecule has 0 aliphatic heterocycles. The Bertz CT molecular complexity index is 821. The number of aliphatic imine (C=N–C) groups is 1. The van der Waals surface area contributed by atoms with Crippen molar-refractivity contribution in [2.75, 3.05) is 34.3 Å². The molecule has 0 saturated carbocycles. The molecular formula is C22H28F4N4O. The Morgan fingerprint density at radius 3 is 2.16 bits per heavy atom. The van der Waals surface area contributed by atoms with Crippen LogP contribution in [0.15, 0.2) is 53.5 Å². The molecule has 0 fully saturated rings. The number of guanidine groups is 1. The molecule has 5 nitrogen and oxygen atoms in total.